The van der Waals surface area contributed by atoms with Crippen LogP contribution in [0.4, 0.5) is 0 Å². The molecular weight excluding hydrogens is 1670 g/mol. The molecule has 26 nitrogen and oxygen atoms in total. The number of furan rings is 1. The van der Waals surface area contributed by atoms with Crippen LogP contribution in [0.25, 0.3) is 0 Å². The maximum Gasteiger partial charge on any atom is 0.259 e. The van der Waals surface area contributed by atoms with Crippen molar-refractivity contribution in [1.82, 2.24) is 26.6 Å². The van der Waals surface area contributed by atoms with E-state index in [1.54, 1.807) is 133 Å². The Bertz CT molecular complexity index is 4880. The molecule has 13 rings (SSSR count). The maximum atomic E-state index is 13.3. The molecule has 119 heavy (non-hydrogen) atoms. The van der Waals surface area contributed by atoms with Crippen LogP contribution in [0.5, 0.6) is 0 Å². The largest absolute Gasteiger partial charge is 0.460 e. The molecule has 6 aromatic carbocycles. The highest BCUT2D eigenvalue weighted by atomic mass is 32.2. The molecule has 34 heteroatoms. The number of carbonyl (C=O) groups is 15. The fourth-order valence-corrected chi connectivity index (χ4v) is 19.8. The van der Waals surface area contributed by atoms with Crippen molar-refractivity contribution in [3.63, 3.8) is 0 Å². The highest BCUT2D eigenvalue weighted by Gasteiger charge is 2.54. The summed E-state index contributed by atoms with van der Waals surface area (Å²) in [5.41, 5.74) is 27.2. The standard InChI is InChI=1S/C21H26N2O3S.C18H18N2O3S2.C16H16N2O3S2.C15H14N2O4S.C15H14N2O3S2/c22-18(24)5-6-23-19(25)16-3-1-2-4-17(16)27-20(26)21-10-13-7-14(11-21)9-15(8-13)12-21;19-16(21)10-11-20-18(23)14-8-4-5-9-15(14)25-17(22)12-24-13-6-2-1-3-7-13;17-14(19)7-8-18-16(21)12-5-1-2-6-13(12)23-15(20)10-11-4-3-9-22-11;16-13(18)7-8-17-14(19)10-4-1-2-6-12(10)22-15(20)11-5-3-9-21-11;16-13(18)7-8-17-14(19)10-4-1-2-5-11(10)22-15(20)12-6-3-9-21-12/h1-4,13-15H,5-12H2,(H2,22,24)(H,23,25);1-9H,10-12H2,(H2,19,21)(H,20,23);1-6,9H,7-8,10H2,(H2,17,19)(H,18,21);2*1-6,9H,7-8H2,(H2,16,18)(H,17,19). The number of thioether (sulfide) groups is 6. The van der Waals surface area contributed by atoms with Gasteiger partial charge in [-0.05, 0) is 188 Å². The summed E-state index contributed by atoms with van der Waals surface area (Å²) in [5.74, 6) is -1.30. The molecule has 4 aliphatic rings. The van der Waals surface area contributed by atoms with E-state index >= 15 is 0 Å². The highest BCUT2D eigenvalue weighted by molar-refractivity contribution is 8.16. The number of carbonyl (C=O) groups excluding carboxylic acids is 15. The third-order valence-corrected chi connectivity index (χ3v) is 26.0. The van der Waals surface area contributed by atoms with E-state index in [1.165, 1.54) is 71.7 Å². The van der Waals surface area contributed by atoms with Crippen molar-refractivity contribution in [2.24, 2.45) is 51.8 Å². The molecular formula is C85H88N10O16S8. The minimum atomic E-state index is -0.490. The van der Waals surface area contributed by atoms with E-state index in [4.69, 9.17) is 33.1 Å². The number of primary amides is 5. The lowest BCUT2D eigenvalue weighted by Crippen LogP contribution is -2.49. The van der Waals surface area contributed by atoms with Crippen LogP contribution in [0.1, 0.15) is 148 Å². The van der Waals surface area contributed by atoms with Gasteiger partial charge in [0, 0.05) is 104 Å². The fraction of sp³-hybridized carbons (Fsp3) is 0.259. The molecule has 15 N–H and O–H groups in total. The molecule has 0 atom stereocenters. The summed E-state index contributed by atoms with van der Waals surface area (Å²) in [6.07, 6.45) is 9.13. The second-order valence-electron chi connectivity index (χ2n) is 27.0. The van der Waals surface area contributed by atoms with E-state index in [1.807, 2.05) is 65.4 Å². The van der Waals surface area contributed by atoms with Crippen LogP contribution in [0, 0.1) is 23.2 Å². The second kappa shape index (κ2) is 48.9. The van der Waals surface area contributed by atoms with E-state index in [0.717, 1.165) is 76.1 Å². The van der Waals surface area contributed by atoms with Crippen molar-refractivity contribution >= 4 is 178 Å². The van der Waals surface area contributed by atoms with Crippen molar-refractivity contribution < 1.29 is 76.3 Å². The van der Waals surface area contributed by atoms with Crippen molar-refractivity contribution in [2.45, 2.75) is 106 Å². The summed E-state index contributed by atoms with van der Waals surface area (Å²) in [6, 6.07) is 54.8. The van der Waals surface area contributed by atoms with Gasteiger partial charge in [0.2, 0.25) is 39.8 Å². The third-order valence-electron chi connectivity index (χ3n) is 17.9. The van der Waals surface area contributed by atoms with Crippen LogP contribution >= 0.6 is 93.2 Å². The van der Waals surface area contributed by atoms with Gasteiger partial charge in [-0.3, -0.25) is 71.9 Å². The van der Waals surface area contributed by atoms with Crippen LogP contribution in [-0.4, -0.2) is 123 Å². The lowest BCUT2D eigenvalue weighted by Gasteiger charge is -2.55. The van der Waals surface area contributed by atoms with Gasteiger partial charge in [-0.1, -0.05) is 126 Å². The topological polar surface area (TPSA) is 459 Å². The molecule has 10 amide bonds. The molecule has 4 fully saturated rings. The van der Waals surface area contributed by atoms with Gasteiger partial charge in [-0.2, -0.15) is 0 Å². The number of amides is 10. The quantitative estimate of drug-likeness (QED) is 0.0171. The number of benzene rings is 6. The monoisotopic (exact) mass is 1760 g/mol. The normalized spacial score (nSPS) is 14.9. The van der Waals surface area contributed by atoms with Gasteiger partial charge in [-0.15, -0.1) is 34.4 Å². The summed E-state index contributed by atoms with van der Waals surface area (Å²) < 4.78 is 5.04. The summed E-state index contributed by atoms with van der Waals surface area (Å²) in [5, 5.41) is 16.7. The van der Waals surface area contributed by atoms with Crippen LogP contribution in [0.3, 0.4) is 0 Å². The molecule has 4 bridgehead atoms. The highest BCUT2D eigenvalue weighted by Crippen LogP contribution is 2.62. The molecule has 0 radical (unpaired) electrons. The SMILES string of the molecule is NC(=O)CCNC(=O)c1ccccc1SC(=O)C12CC3CC(CC(C3)C1)C2.NC(=O)CCNC(=O)c1ccccc1SC(=O)CSc1ccccc1.NC(=O)CCNC(=O)c1ccccc1SC(=O)Cc1cccs1.NC(=O)CCNC(=O)c1ccccc1SC(=O)c1ccco1.NC(=O)CCNC(=O)c1ccccc1SC(=O)c1cccs1. The molecule has 3 heterocycles. The Morgan fingerprint density at radius 3 is 1.06 bits per heavy atom. The Hall–Kier alpha value is -10.9. The Balaban J connectivity index is 0.000000186. The summed E-state index contributed by atoms with van der Waals surface area (Å²) in [6.45, 7) is 0.878. The number of nitrogens with one attached hydrogen (secondary N) is 5. The Kier molecular flexibility index (Phi) is 38.5. The van der Waals surface area contributed by atoms with Gasteiger partial charge in [0.15, 0.2) is 16.0 Å². The molecule has 0 aliphatic heterocycles. The maximum absolute atomic E-state index is 13.3. The molecule has 9 aromatic rings. The van der Waals surface area contributed by atoms with E-state index in [0.29, 0.717) is 87.1 Å². The molecule has 4 saturated carbocycles. The smallest absolute Gasteiger partial charge is 0.259 e. The Labute approximate surface area is 720 Å². The van der Waals surface area contributed by atoms with Crippen LogP contribution in [0.15, 0.2) is 239 Å². The Morgan fingerprint density at radius 2 is 0.706 bits per heavy atom. The first-order valence-electron chi connectivity index (χ1n) is 37.4. The van der Waals surface area contributed by atoms with Gasteiger partial charge in [0.05, 0.1) is 51.1 Å². The molecule has 4 aliphatic carbocycles. The van der Waals surface area contributed by atoms with Crippen molar-refractivity contribution in [3.8, 4) is 0 Å². The van der Waals surface area contributed by atoms with Crippen LogP contribution in [0.2, 0.25) is 0 Å². The number of nitrogens with two attached hydrogens (primary N) is 5. The van der Waals surface area contributed by atoms with Gasteiger partial charge in [-0.25, -0.2) is 0 Å². The lowest BCUT2D eigenvalue weighted by atomic mass is 9.50. The summed E-state index contributed by atoms with van der Waals surface area (Å²) in [4.78, 5) is 182. The molecule has 0 unspecified atom stereocenters. The zero-order valence-corrected chi connectivity index (χ0v) is 70.8. The first-order chi connectivity index (χ1) is 57.2. The van der Waals surface area contributed by atoms with Crippen molar-refractivity contribution in [2.75, 3.05) is 38.5 Å². The number of thiophene rings is 2. The molecule has 3 aromatic heterocycles. The zero-order chi connectivity index (χ0) is 85.6. The summed E-state index contributed by atoms with van der Waals surface area (Å²) >= 11 is 9.60. The zero-order valence-electron chi connectivity index (χ0n) is 64.3. The first kappa shape index (κ1) is 93.6. The molecule has 0 spiro atoms. The number of hydrogen-bond donors (Lipinski definition) is 10. The average Bonchev–Trinajstić information content (AvgIpc) is 1.10. The van der Waals surface area contributed by atoms with Crippen LogP contribution < -0.4 is 55.3 Å². The second-order valence-corrected chi connectivity index (χ2v) is 35.2. The fourth-order valence-electron chi connectivity index (χ4n) is 12.9. The lowest BCUT2D eigenvalue weighted by molar-refractivity contribution is -0.134. The molecule has 0 saturated heterocycles. The van der Waals surface area contributed by atoms with Crippen molar-refractivity contribution in [3.05, 3.63) is 248 Å². The predicted molar refractivity (Wildman–Crippen MR) is 465 cm³/mol. The van der Waals surface area contributed by atoms with E-state index < -0.39 is 29.5 Å². The van der Waals surface area contributed by atoms with Crippen LogP contribution in [-0.2, 0) is 44.8 Å². The first-order valence-corrected chi connectivity index (χ1v) is 44.2. The summed E-state index contributed by atoms with van der Waals surface area (Å²) in [7, 11) is 0. The van der Waals surface area contributed by atoms with Gasteiger partial charge in [0.25, 0.3) is 34.7 Å². The number of hydrogen-bond acceptors (Lipinski definition) is 24. The minimum Gasteiger partial charge on any atom is -0.460 e. The van der Waals surface area contributed by atoms with Gasteiger partial charge < -0.3 is 59.7 Å². The third kappa shape index (κ3) is 31.8. The number of rotatable bonds is 33. The van der Waals surface area contributed by atoms with E-state index in [2.05, 4.69) is 26.6 Å². The van der Waals surface area contributed by atoms with E-state index in [-0.39, 0.29) is 131 Å². The minimum absolute atomic E-state index is 0.0233. The molecule has 622 valence electrons. The van der Waals surface area contributed by atoms with Gasteiger partial charge >= 0.3 is 0 Å². The van der Waals surface area contributed by atoms with Crippen molar-refractivity contribution in [1.29, 1.82) is 0 Å². The average molecular weight is 1760 g/mol. The van der Waals surface area contributed by atoms with E-state index in [9.17, 15) is 71.9 Å². The van der Waals surface area contributed by atoms with Gasteiger partial charge in [0.1, 0.15) is 0 Å². The predicted octanol–water partition coefficient (Wildman–Crippen LogP) is 12.1. The Morgan fingerprint density at radius 1 is 0.361 bits per heavy atom.